The van der Waals surface area contributed by atoms with Crippen molar-refractivity contribution in [2.24, 2.45) is 5.92 Å². The van der Waals surface area contributed by atoms with Gasteiger partial charge in [-0.2, -0.15) is 0 Å². The van der Waals surface area contributed by atoms with Crippen molar-refractivity contribution in [1.29, 1.82) is 0 Å². The van der Waals surface area contributed by atoms with Crippen LogP contribution in [0.5, 0.6) is 0 Å². The fourth-order valence-corrected chi connectivity index (χ4v) is 2.07. The summed E-state index contributed by atoms with van der Waals surface area (Å²) in [6, 6.07) is 1.97. The summed E-state index contributed by atoms with van der Waals surface area (Å²) in [4.78, 5) is 11.8. The average Bonchev–Trinajstić information content (AvgIpc) is 2.87. The van der Waals surface area contributed by atoms with Gasteiger partial charge in [0, 0.05) is 6.04 Å². The molecule has 1 aliphatic heterocycles. The van der Waals surface area contributed by atoms with Gasteiger partial charge >= 0.3 is 0 Å². The Hall–Kier alpha value is -1.29. The monoisotopic (exact) mass is 222 g/mol. The summed E-state index contributed by atoms with van der Waals surface area (Å²) in [6.07, 6.45) is 2.64. The van der Waals surface area contributed by atoms with Gasteiger partial charge in [0.15, 0.2) is 0 Å². The minimum absolute atomic E-state index is 0.0451. The van der Waals surface area contributed by atoms with Crippen molar-refractivity contribution in [3.8, 4) is 0 Å². The lowest BCUT2D eigenvalue weighted by atomic mass is 10.0. The Morgan fingerprint density at radius 3 is 3.06 bits per heavy atom. The van der Waals surface area contributed by atoms with Crippen molar-refractivity contribution in [3.05, 3.63) is 23.7 Å². The number of rotatable bonds is 3. The van der Waals surface area contributed by atoms with E-state index in [1.165, 1.54) is 6.26 Å². The molecule has 2 heterocycles. The Kier molecular flexibility index (Phi) is 3.29. The van der Waals surface area contributed by atoms with Crippen LogP contribution in [0.25, 0.3) is 0 Å². The van der Waals surface area contributed by atoms with Crippen LogP contribution in [0.2, 0.25) is 0 Å². The van der Waals surface area contributed by atoms with Crippen LogP contribution in [0.15, 0.2) is 16.7 Å². The van der Waals surface area contributed by atoms with Gasteiger partial charge in [0.25, 0.3) is 5.91 Å². The Bertz CT molecular complexity index is 367. The summed E-state index contributed by atoms with van der Waals surface area (Å²) in [7, 11) is 0. The number of nitrogens with one attached hydrogen (secondary N) is 2. The van der Waals surface area contributed by atoms with Crippen LogP contribution in [0.3, 0.4) is 0 Å². The lowest BCUT2D eigenvalue weighted by Gasteiger charge is -2.19. The molecule has 1 aromatic rings. The van der Waals surface area contributed by atoms with E-state index in [0.717, 1.165) is 25.3 Å². The first-order valence-corrected chi connectivity index (χ1v) is 5.73. The molecule has 4 heteroatoms. The largest absolute Gasteiger partial charge is 0.469 e. The summed E-state index contributed by atoms with van der Waals surface area (Å²) in [5.74, 6) is 1.26. The van der Waals surface area contributed by atoms with Gasteiger partial charge in [-0.05, 0) is 45.3 Å². The fourth-order valence-electron chi connectivity index (χ4n) is 2.07. The second kappa shape index (κ2) is 4.70. The van der Waals surface area contributed by atoms with E-state index in [1.807, 2.05) is 6.92 Å². The van der Waals surface area contributed by atoms with Gasteiger partial charge in [0.2, 0.25) is 0 Å². The van der Waals surface area contributed by atoms with E-state index in [-0.39, 0.29) is 11.9 Å². The fraction of sp³-hybridized carbons (Fsp3) is 0.583. The van der Waals surface area contributed by atoms with Gasteiger partial charge in [-0.3, -0.25) is 4.79 Å². The Labute approximate surface area is 95.4 Å². The van der Waals surface area contributed by atoms with Gasteiger partial charge < -0.3 is 15.1 Å². The molecule has 2 unspecified atom stereocenters. The van der Waals surface area contributed by atoms with Gasteiger partial charge in [-0.25, -0.2) is 0 Å². The summed E-state index contributed by atoms with van der Waals surface area (Å²) in [5, 5.41) is 6.31. The van der Waals surface area contributed by atoms with E-state index in [9.17, 15) is 4.79 Å². The minimum atomic E-state index is -0.0451. The van der Waals surface area contributed by atoms with E-state index in [1.54, 1.807) is 6.07 Å². The minimum Gasteiger partial charge on any atom is -0.469 e. The van der Waals surface area contributed by atoms with Crippen molar-refractivity contribution in [2.75, 3.05) is 13.1 Å². The maximum absolute atomic E-state index is 11.8. The Morgan fingerprint density at radius 2 is 2.50 bits per heavy atom. The van der Waals surface area contributed by atoms with Crippen LogP contribution >= 0.6 is 0 Å². The summed E-state index contributed by atoms with van der Waals surface area (Å²) in [5.41, 5.74) is 0.607. The first-order chi connectivity index (χ1) is 7.66. The zero-order valence-corrected chi connectivity index (χ0v) is 9.75. The molecule has 1 fully saturated rings. The maximum atomic E-state index is 11.8. The van der Waals surface area contributed by atoms with E-state index < -0.39 is 0 Å². The van der Waals surface area contributed by atoms with Gasteiger partial charge in [0.05, 0.1) is 5.56 Å². The molecule has 2 N–H and O–H groups in total. The van der Waals surface area contributed by atoms with E-state index in [4.69, 9.17) is 4.42 Å². The van der Waals surface area contributed by atoms with Crippen LogP contribution in [0.4, 0.5) is 0 Å². The van der Waals surface area contributed by atoms with Crippen LogP contribution in [0.1, 0.15) is 29.5 Å². The third-order valence-corrected chi connectivity index (χ3v) is 3.16. The second-order valence-electron chi connectivity index (χ2n) is 4.46. The molecule has 1 saturated heterocycles. The molecule has 0 spiro atoms. The molecule has 0 aliphatic carbocycles. The van der Waals surface area contributed by atoms with Crippen LogP contribution < -0.4 is 10.6 Å². The van der Waals surface area contributed by atoms with Gasteiger partial charge in [-0.15, -0.1) is 0 Å². The maximum Gasteiger partial charge on any atom is 0.254 e. The highest BCUT2D eigenvalue weighted by atomic mass is 16.3. The number of carbonyl (C=O) groups excluding carboxylic acids is 1. The molecule has 0 bridgehead atoms. The molecule has 2 atom stereocenters. The third kappa shape index (κ3) is 2.44. The molecule has 4 nitrogen and oxygen atoms in total. The first-order valence-electron chi connectivity index (χ1n) is 5.73. The normalized spacial score (nSPS) is 22.0. The first kappa shape index (κ1) is 11.2. The zero-order valence-electron chi connectivity index (χ0n) is 9.75. The molecule has 1 aliphatic rings. The molecule has 2 rings (SSSR count). The van der Waals surface area contributed by atoms with Crippen LogP contribution in [-0.2, 0) is 0 Å². The number of hydrogen-bond donors (Lipinski definition) is 2. The topological polar surface area (TPSA) is 54.3 Å². The van der Waals surface area contributed by atoms with Crippen molar-refractivity contribution in [3.63, 3.8) is 0 Å². The van der Waals surface area contributed by atoms with Gasteiger partial charge in [0.1, 0.15) is 12.0 Å². The quantitative estimate of drug-likeness (QED) is 0.811. The third-order valence-electron chi connectivity index (χ3n) is 3.16. The number of hydrogen-bond acceptors (Lipinski definition) is 3. The second-order valence-corrected chi connectivity index (χ2v) is 4.46. The Balaban J connectivity index is 1.91. The lowest BCUT2D eigenvalue weighted by molar-refractivity contribution is 0.0928. The molecule has 1 amide bonds. The lowest BCUT2D eigenvalue weighted by Crippen LogP contribution is -2.38. The van der Waals surface area contributed by atoms with Gasteiger partial charge in [-0.1, -0.05) is 0 Å². The summed E-state index contributed by atoms with van der Waals surface area (Å²) < 4.78 is 5.12. The smallest absolute Gasteiger partial charge is 0.254 e. The molecule has 16 heavy (non-hydrogen) atoms. The molecule has 1 aromatic heterocycles. The molecule has 0 aromatic carbocycles. The van der Waals surface area contributed by atoms with Crippen molar-refractivity contribution < 1.29 is 9.21 Å². The number of furan rings is 1. The van der Waals surface area contributed by atoms with Crippen molar-refractivity contribution in [2.45, 2.75) is 26.3 Å². The zero-order chi connectivity index (χ0) is 11.5. The van der Waals surface area contributed by atoms with Crippen molar-refractivity contribution in [1.82, 2.24) is 10.6 Å². The molecule has 0 saturated carbocycles. The number of aryl methyl sites for hydroxylation is 1. The van der Waals surface area contributed by atoms with Crippen LogP contribution in [-0.4, -0.2) is 25.0 Å². The molecular weight excluding hydrogens is 204 g/mol. The van der Waals surface area contributed by atoms with Crippen LogP contribution in [0, 0.1) is 12.8 Å². The molecule has 0 radical (unpaired) electrons. The summed E-state index contributed by atoms with van der Waals surface area (Å²) in [6.45, 7) is 5.94. The van der Waals surface area contributed by atoms with Crippen molar-refractivity contribution >= 4 is 5.91 Å². The predicted octanol–water partition coefficient (Wildman–Crippen LogP) is 1.32. The average molecular weight is 222 g/mol. The number of amides is 1. The summed E-state index contributed by atoms with van der Waals surface area (Å²) >= 11 is 0. The Morgan fingerprint density at radius 1 is 1.69 bits per heavy atom. The standard InChI is InChI=1S/C12H18N2O2/c1-8-5-11(7-16-8)12(15)14-9(2)10-3-4-13-6-10/h5,7,9-10,13H,3-4,6H2,1-2H3,(H,14,15). The SMILES string of the molecule is Cc1cc(C(=O)NC(C)C2CCNC2)co1. The highest BCUT2D eigenvalue weighted by Gasteiger charge is 2.23. The van der Waals surface area contributed by atoms with E-state index in [0.29, 0.717) is 11.5 Å². The highest BCUT2D eigenvalue weighted by Crippen LogP contribution is 2.13. The molecular formula is C12H18N2O2. The van der Waals surface area contributed by atoms with E-state index >= 15 is 0 Å². The van der Waals surface area contributed by atoms with E-state index in [2.05, 4.69) is 17.6 Å². The predicted molar refractivity (Wildman–Crippen MR) is 61.3 cm³/mol. The highest BCUT2D eigenvalue weighted by molar-refractivity contribution is 5.94. The molecule has 88 valence electrons. The number of carbonyl (C=O) groups is 1.